The predicted molar refractivity (Wildman–Crippen MR) is 113 cm³/mol. The lowest BCUT2D eigenvalue weighted by atomic mass is 9.92. The molecule has 28 heavy (non-hydrogen) atoms. The van der Waals surface area contributed by atoms with E-state index < -0.39 is 5.67 Å². The van der Waals surface area contributed by atoms with Crippen LogP contribution in [0.25, 0.3) is 33.0 Å². The van der Waals surface area contributed by atoms with Gasteiger partial charge in [-0.05, 0) is 86.7 Å². The minimum absolute atomic E-state index is 0.300. The van der Waals surface area contributed by atoms with E-state index in [1.165, 1.54) is 11.1 Å². The lowest BCUT2D eigenvalue weighted by Crippen LogP contribution is -2.11. The molecule has 0 bridgehead atoms. The van der Waals surface area contributed by atoms with Crippen LogP contribution in [0, 0.1) is 13.8 Å². The van der Waals surface area contributed by atoms with Crippen molar-refractivity contribution in [1.29, 1.82) is 0 Å². The molecule has 0 N–H and O–H groups in total. The van der Waals surface area contributed by atoms with Crippen LogP contribution in [0.2, 0.25) is 0 Å². The molecule has 2 atom stereocenters. The van der Waals surface area contributed by atoms with Crippen LogP contribution in [0.4, 0.5) is 4.39 Å². The van der Waals surface area contributed by atoms with Gasteiger partial charge >= 0.3 is 0 Å². The second kappa shape index (κ2) is 6.16. The normalized spacial score (nSPS) is 22.4. The fourth-order valence-corrected chi connectivity index (χ4v) is 4.75. The fourth-order valence-electron chi connectivity index (χ4n) is 4.75. The molecule has 3 heteroatoms. The van der Waals surface area contributed by atoms with E-state index in [2.05, 4.69) is 43.3 Å². The lowest BCUT2D eigenvalue weighted by molar-refractivity contribution is 0.197. The summed E-state index contributed by atoms with van der Waals surface area (Å²) in [6, 6.07) is 14.9. The van der Waals surface area contributed by atoms with Crippen LogP contribution in [0.3, 0.4) is 0 Å². The summed E-state index contributed by atoms with van der Waals surface area (Å²) in [5, 5.41) is 3.36. The first-order valence-corrected chi connectivity index (χ1v) is 9.98. The van der Waals surface area contributed by atoms with Crippen molar-refractivity contribution in [2.45, 2.75) is 51.6 Å². The lowest BCUT2D eigenvalue weighted by Gasteiger charge is -2.15. The number of rotatable bonds is 2. The van der Waals surface area contributed by atoms with E-state index >= 15 is 0 Å². The zero-order valence-electron chi connectivity index (χ0n) is 16.6. The van der Waals surface area contributed by atoms with E-state index in [4.69, 9.17) is 9.40 Å². The molecule has 5 rings (SSSR count). The third-order valence-electron chi connectivity index (χ3n) is 6.08. The zero-order chi connectivity index (χ0) is 19.5. The molecule has 0 spiro atoms. The fraction of sp³-hybridized carbons (Fsp3) is 0.320. The molecular formula is C25H24FNO. The third kappa shape index (κ3) is 2.90. The molecule has 1 fully saturated rings. The van der Waals surface area contributed by atoms with Gasteiger partial charge in [0.25, 0.3) is 0 Å². The van der Waals surface area contributed by atoms with Crippen LogP contribution in [0.5, 0.6) is 0 Å². The zero-order valence-corrected chi connectivity index (χ0v) is 16.6. The number of benzene rings is 2. The van der Waals surface area contributed by atoms with Gasteiger partial charge in [0.15, 0.2) is 0 Å². The Labute approximate surface area is 164 Å². The molecule has 2 unspecified atom stereocenters. The minimum atomic E-state index is -1.03. The van der Waals surface area contributed by atoms with Gasteiger partial charge in [0, 0.05) is 22.5 Å². The van der Waals surface area contributed by atoms with Crippen molar-refractivity contribution in [3.05, 3.63) is 65.5 Å². The molecule has 2 heterocycles. The topological polar surface area (TPSA) is 26.0 Å². The number of hydrogen-bond acceptors (Lipinski definition) is 2. The largest absolute Gasteiger partial charge is 0.461 e. The smallest absolute Gasteiger partial charge is 0.143 e. The van der Waals surface area contributed by atoms with Crippen molar-refractivity contribution in [1.82, 2.24) is 4.98 Å². The minimum Gasteiger partial charge on any atom is -0.461 e. The predicted octanol–water partition coefficient (Wildman–Crippen LogP) is 7.26. The average Bonchev–Trinajstić information content (AvgIpc) is 3.21. The highest BCUT2D eigenvalue weighted by Crippen LogP contribution is 2.44. The van der Waals surface area contributed by atoms with Crippen LogP contribution < -0.4 is 0 Å². The van der Waals surface area contributed by atoms with Gasteiger partial charge in [0.05, 0.1) is 5.69 Å². The van der Waals surface area contributed by atoms with Gasteiger partial charge in [-0.2, -0.15) is 0 Å². The molecule has 142 valence electrons. The first kappa shape index (κ1) is 17.4. The van der Waals surface area contributed by atoms with Crippen LogP contribution in [0.1, 0.15) is 49.0 Å². The molecule has 4 aromatic rings. The van der Waals surface area contributed by atoms with Crippen LogP contribution in [0.15, 0.2) is 53.1 Å². The van der Waals surface area contributed by atoms with Crippen molar-refractivity contribution >= 4 is 21.7 Å². The molecule has 0 radical (unpaired) electrons. The van der Waals surface area contributed by atoms with Crippen molar-refractivity contribution in [3.8, 4) is 11.3 Å². The second-order valence-electron chi connectivity index (χ2n) is 8.58. The maximum atomic E-state index is 14.3. The Hall–Kier alpha value is -2.68. The summed E-state index contributed by atoms with van der Waals surface area (Å²) >= 11 is 0. The monoisotopic (exact) mass is 373 g/mol. The van der Waals surface area contributed by atoms with Gasteiger partial charge in [0.1, 0.15) is 17.0 Å². The maximum absolute atomic E-state index is 14.3. The molecule has 2 aromatic carbocycles. The average molecular weight is 373 g/mol. The Bertz CT molecular complexity index is 1200. The van der Waals surface area contributed by atoms with E-state index in [-0.39, 0.29) is 0 Å². The number of nitrogens with zero attached hydrogens (tertiary/aromatic N) is 1. The van der Waals surface area contributed by atoms with E-state index in [9.17, 15) is 4.39 Å². The van der Waals surface area contributed by atoms with Crippen molar-refractivity contribution in [3.63, 3.8) is 0 Å². The molecule has 1 aliphatic rings. The molecular weight excluding hydrogens is 349 g/mol. The number of aryl methyl sites for hydroxylation is 2. The first-order chi connectivity index (χ1) is 13.4. The number of pyridine rings is 1. The highest BCUT2D eigenvalue weighted by Gasteiger charge is 2.35. The quantitative estimate of drug-likeness (QED) is 0.369. The highest BCUT2D eigenvalue weighted by molar-refractivity contribution is 6.02. The summed E-state index contributed by atoms with van der Waals surface area (Å²) in [7, 11) is 0. The van der Waals surface area contributed by atoms with Crippen LogP contribution in [-0.4, -0.2) is 10.7 Å². The third-order valence-corrected chi connectivity index (χ3v) is 6.08. The van der Waals surface area contributed by atoms with Gasteiger partial charge in [-0.15, -0.1) is 0 Å². The first-order valence-electron chi connectivity index (χ1n) is 9.98. The van der Waals surface area contributed by atoms with Gasteiger partial charge < -0.3 is 4.42 Å². The van der Waals surface area contributed by atoms with Crippen molar-refractivity contribution in [2.75, 3.05) is 0 Å². The van der Waals surface area contributed by atoms with E-state index in [0.29, 0.717) is 18.8 Å². The van der Waals surface area contributed by atoms with E-state index in [1.807, 2.05) is 19.2 Å². The molecule has 1 saturated carbocycles. The Balaban J connectivity index is 1.66. The summed E-state index contributed by atoms with van der Waals surface area (Å²) in [6.45, 7) is 5.80. The Morgan fingerprint density at radius 1 is 1.07 bits per heavy atom. The SMILES string of the molecule is Cc1cc(-c2nccc3cc(C4CCC(C)(F)C4)ccc23)c2oc(C)cc2c1. The van der Waals surface area contributed by atoms with Gasteiger partial charge in [0.2, 0.25) is 0 Å². The Morgan fingerprint density at radius 3 is 2.71 bits per heavy atom. The standard InChI is InChI=1S/C25H24FNO/c1-15-10-20-12-16(2)28-24(20)22(11-15)23-21-5-4-17(13-18(21)7-9-27-23)19-6-8-25(3,26)14-19/h4-5,7,9-13,19H,6,8,14H2,1-3H3. The summed E-state index contributed by atoms with van der Waals surface area (Å²) in [6.07, 6.45) is 4.04. The van der Waals surface area contributed by atoms with Gasteiger partial charge in [-0.3, -0.25) is 4.98 Å². The molecule has 2 nitrogen and oxygen atoms in total. The number of halogens is 1. The molecule has 0 amide bonds. The summed E-state index contributed by atoms with van der Waals surface area (Å²) in [5.74, 6) is 1.20. The number of furan rings is 1. The van der Waals surface area contributed by atoms with Gasteiger partial charge in [-0.1, -0.05) is 18.2 Å². The van der Waals surface area contributed by atoms with Crippen molar-refractivity contribution in [2.24, 2.45) is 0 Å². The maximum Gasteiger partial charge on any atom is 0.143 e. The number of hydrogen-bond donors (Lipinski definition) is 0. The summed E-state index contributed by atoms with van der Waals surface area (Å²) in [5.41, 5.74) is 4.23. The summed E-state index contributed by atoms with van der Waals surface area (Å²) < 4.78 is 20.3. The van der Waals surface area contributed by atoms with Crippen molar-refractivity contribution < 1.29 is 8.81 Å². The Morgan fingerprint density at radius 2 is 1.93 bits per heavy atom. The van der Waals surface area contributed by atoms with Crippen LogP contribution in [-0.2, 0) is 0 Å². The highest BCUT2D eigenvalue weighted by atomic mass is 19.1. The van der Waals surface area contributed by atoms with E-state index in [0.717, 1.165) is 45.2 Å². The Kier molecular flexibility index (Phi) is 3.84. The van der Waals surface area contributed by atoms with E-state index in [1.54, 1.807) is 6.92 Å². The molecule has 0 aliphatic heterocycles. The molecule has 0 saturated heterocycles. The van der Waals surface area contributed by atoms with Gasteiger partial charge in [-0.25, -0.2) is 4.39 Å². The summed E-state index contributed by atoms with van der Waals surface area (Å²) in [4.78, 5) is 4.71. The van der Waals surface area contributed by atoms with Crippen LogP contribution >= 0.6 is 0 Å². The second-order valence-corrected chi connectivity index (χ2v) is 8.58. The number of fused-ring (bicyclic) bond motifs is 2. The number of alkyl halides is 1. The number of aromatic nitrogens is 1. The molecule has 2 aromatic heterocycles. The molecule has 1 aliphatic carbocycles.